The van der Waals surface area contributed by atoms with Crippen LogP contribution in [0.3, 0.4) is 0 Å². The minimum Gasteiger partial charge on any atom is -0.350 e. The fourth-order valence-corrected chi connectivity index (χ4v) is 3.71. The summed E-state index contributed by atoms with van der Waals surface area (Å²) in [4.78, 5) is 31.2. The molecular formula is C21H20ClFN4O2. The van der Waals surface area contributed by atoms with Crippen molar-refractivity contribution in [3.05, 3.63) is 70.9 Å². The third kappa shape index (κ3) is 4.40. The van der Waals surface area contributed by atoms with Crippen molar-refractivity contribution in [2.45, 2.75) is 19.4 Å². The van der Waals surface area contributed by atoms with Gasteiger partial charge in [-0.05, 0) is 49.2 Å². The molecular weight excluding hydrogens is 395 g/mol. The summed E-state index contributed by atoms with van der Waals surface area (Å²) in [5.41, 5.74) is 1.98. The van der Waals surface area contributed by atoms with Crippen molar-refractivity contribution in [2.24, 2.45) is 5.92 Å². The van der Waals surface area contributed by atoms with Gasteiger partial charge in [-0.2, -0.15) is 0 Å². The van der Waals surface area contributed by atoms with Gasteiger partial charge in [-0.15, -0.1) is 0 Å². The maximum atomic E-state index is 13.0. The topological polar surface area (TPSA) is 66.7 Å². The number of imidazole rings is 1. The monoisotopic (exact) mass is 414 g/mol. The normalized spacial score (nSPS) is 14.9. The molecule has 4 rings (SSSR count). The smallest absolute Gasteiger partial charge is 0.253 e. The molecule has 1 fully saturated rings. The van der Waals surface area contributed by atoms with Gasteiger partial charge < -0.3 is 14.6 Å². The molecule has 0 spiro atoms. The van der Waals surface area contributed by atoms with E-state index in [0.29, 0.717) is 43.1 Å². The van der Waals surface area contributed by atoms with Crippen LogP contribution in [0.1, 0.15) is 28.9 Å². The summed E-state index contributed by atoms with van der Waals surface area (Å²) in [6, 6.07) is 9.12. The highest BCUT2D eigenvalue weighted by Crippen LogP contribution is 2.20. The lowest BCUT2D eigenvalue weighted by Crippen LogP contribution is -2.42. The van der Waals surface area contributed by atoms with E-state index in [4.69, 9.17) is 11.6 Å². The largest absolute Gasteiger partial charge is 0.350 e. The van der Waals surface area contributed by atoms with Gasteiger partial charge in [-0.1, -0.05) is 11.6 Å². The Morgan fingerprint density at radius 3 is 2.55 bits per heavy atom. The zero-order valence-electron chi connectivity index (χ0n) is 15.6. The van der Waals surface area contributed by atoms with Gasteiger partial charge in [-0.3, -0.25) is 9.59 Å². The molecule has 1 aliphatic heterocycles. The third-order valence-corrected chi connectivity index (χ3v) is 5.38. The molecule has 0 saturated carbocycles. The molecule has 2 aromatic heterocycles. The zero-order valence-corrected chi connectivity index (χ0v) is 16.4. The molecule has 2 amide bonds. The number of hydrogen-bond donors (Lipinski definition) is 1. The second-order valence-electron chi connectivity index (χ2n) is 7.14. The van der Waals surface area contributed by atoms with E-state index in [9.17, 15) is 14.0 Å². The Morgan fingerprint density at radius 2 is 1.83 bits per heavy atom. The number of carbonyl (C=O) groups is 2. The number of pyridine rings is 1. The van der Waals surface area contributed by atoms with Crippen molar-refractivity contribution in [1.82, 2.24) is 19.6 Å². The van der Waals surface area contributed by atoms with E-state index >= 15 is 0 Å². The van der Waals surface area contributed by atoms with Gasteiger partial charge in [0, 0.05) is 37.0 Å². The molecule has 8 heteroatoms. The van der Waals surface area contributed by atoms with Gasteiger partial charge in [-0.25, -0.2) is 9.37 Å². The molecule has 6 nitrogen and oxygen atoms in total. The number of piperidine rings is 1. The van der Waals surface area contributed by atoms with Crippen LogP contribution in [0.2, 0.25) is 5.02 Å². The van der Waals surface area contributed by atoms with Crippen molar-refractivity contribution in [3.8, 4) is 0 Å². The zero-order chi connectivity index (χ0) is 20.4. The molecule has 1 aromatic carbocycles. The molecule has 150 valence electrons. The van der Waals surface area contributed by atoms with Crippen molar-refractivity contribution in [3.63, 3.8) is 0 Å². The molecule has 1 saturated heterocycles. The number of fused-ring (bicyclic) bond motifs is 1. The number of hydrogen-bond acceptors (Lipinski definition) is 3. The Morgan fingerprint density at radius 1 is 1.10 bits per heavy atom. The minimum atomic E-state index is -0.370. The summed E-state index contributed by atoms with van der Waals surface area (Å²) in [5, 5.41) is 3.55. The number of likely N-dealkylation sites (tertiary alicyclic amines) is 1. The van der Waals surface area contributed by atoms with Gasteiger partial charge in [0.15, 0.2) is 0 Å². The van der Waals surface area contributed by atoms with E-state index < -0.39 is 0 Å². The molecule has 1 N–H and O–H groups in total. The van der Waals surface area contributed by atoms with Crippen LogP contribution in [0.15, 0.2) is 48.8 Å². The summed E-state index contributed by atoms with van der Waals surface area (Å²) in [7, 11) is 0. The van der Waals surface area contributed by atoms with Gasteiger partial charge in [0.1, 0.15) is 11.5 Å². The summed E-state index contributed by atoms with van der Waals surface area (Å²) in [5.74, 6) is -0.675. The molecule has 29 heavy (non-hydrogen) atoms. The van der Waals surface area contributed by atoms with Crippen LogP contribution in [0.4, 0.5) is 4.39 Å². The number of benzene rings is 1. The highest BCUT2D eigenvalue weighted by Gasteiger charge is 2.27. The van der Waals surface area contributed by atoms with Crippen molar-refractivity contribution < 1.29 is 14.0 Å². The number of nitrogens with one attached hydrogen (secondary N) is 1. The van der Waals surface area contributed by atoms with Crippen LogP contribution in [-0.4, -0.2) is 39.2 Å². The first-order valence-corrected chi connectivity index (χ1v) is 9.83. The molecule has 3 heterocycles. The van der Waals surface area contributed by atoms with Gasteiger partial charge in [0.25, 0.3) is 5.91 Å². The lowest BCUT2D eigenvalue weighted by molar-refractivity contribution is -0.126. The molecule has 0 atom stereocenters. The first-order chi connectivity index (χ1) is 14.0. The quantitative estimate of drug-likeness (QED) is 0.712. The SMILES string of the molecule is O=C(NCc1cn2cc(Cl)ccc2n1)C1CCN(C(=O)c2ccc(F)cc2)CC1. The molecule has 3 aromatic rings. The summed E-state index contributed by atoms with van der Waals surface area (Å²) in [6.45, 7) is 1.34. The molecule has 0 aliphatic carbocycles. The van der Waals surface area contributed by atoms with E-state index in [2.05, 4.69) is 10.3 Å². The highest BCUT2D eigenvalue weighted by molar-refractivity contribution is 6.30. The predicted octanol–water partition coefficient (Wildman–Crippen LogP) is 3.30. The second kappa shape index (κ2) is 8.21. The Kier molecular flexibility index (Phi) is 5.49. The maximum Gasteiger partial charge on any atom is 0.253 e. The van der Waals surface area contributed by atoms with Crippen LogP contribution < -0.4 is 5.32 Å². The van der Waals surface area contributed by atoms with E-state index in [1.54, 1.807) is 17.2 Å². The number of aromatic nitrogens is 2. The average Bonchev–Trinajstić information content (AvgIpc) is 3.14. The summed E-state index contributed by atoms with van der Waals surface area (Å²) < 4.78 is 14.8. The minimum absolute atomic E-state index is 0.0334. The lowest BCUT2D eigenvalue weighted by atomic mass is 9.95. The third-order valence-electron chi connectivity index (χ3n) is 5.15. The van der Waals surface area contributed by atoms with Gasteiger partial charge in [0.05, 0.1) is 17.3 Å². The Bertz CT molecular complexity index is 1040. The van der Waals surface area contributed by atoms with Crippen LogP contribution in [0, 0.1) is 11.7 Å². The number of amides is 2. The number of carbonyl (C=O) groups excluding carboxylic acids is 2. The first kappa shape index (κ1) is 19.4. The van der Waals surface area contributed by atoms with Crippen molar-refractivity contribution in [2.75, 3.05) is 13.1 Å². The van der Waals surface area contributed by atoms with Gasteiger partial charge >= 0.3 is 0 Å². The standard InChI is InChI=1S/C21H20ClFN4O2/c22-16-3-6-19-25-18(13-27(19)12-16)11-24-20(28)14-7-9-26(10-8-14)21(29)15-1-4-17(23)5-2-15/h1-6,12-14H,7-11H2,(H,24,28). The fourth-order valence-electron chi connectivity index (χ4n) is 3.54. The molecule has 0 bridgehead atoms. The summed E-state index contributed by atoms with van der Waals surface area (Å²) in [6.07, 6.45) is 4.80. The molecule has 1 aliphatic rings. The molecule has 0 radical (unpaired) electrons. The summed E-state index contributed by atoms with van der Waals surface area (Å²) >= 11 is 5.97. The van der Waals surface area contributed by atoms with E-state index in [-0.39, 0.29) is 23.5 Å². The van der Waals surface area contributed by atoms with Crippen LogP contribution in [0.5, 0.6) is 0 Å². The fraction of sp³-hybridized carbons (Fsp3) is 0.286. The van der Waals surface area contributed by atoms with E-state index in [0.717, 1.165) is 11.3 Å². The van der Waals surface area contributed by atoms with E-state index in [1.807, 2.05) is 16.7 Å². The number of nitrogens with zero attached hydrogens (tertiary/aromatic N) is 3. The van der Waals surface area contributed by atoms with Crippen molar-refractivity contribution >= 4 is 29.1 Å². The Balaban J connectivity index is 1.29. The second-order valence-corrected chi connectivity index (χ2v) is 7.57. The lowest BCUT2D eigenvalue weighted by Gasteiger charge is -2.31. The average molecular weight is 415 g/mol. The maximum absolute atomic E-state index is 13.0. The highest BCUT2D eigenvalue weighted by atomic mass is 35.5. The predicted molar refractivity (Wildman–Crippen MR) is 107 cm³/mol. The Hall–Kier alpha value is -2.93. The first-order valence-electron chi connectivity index (χ1n) is 9.45. The van der Waals surface area contributed by atoms with Crippen LogP contribution in [-0.2, 0) is 11.3 Å². The molecule has 0 unspecified atom stereocenters. The number of rotatable bonds is 4. The van der Waals surface area contributed by atoms with Gasteiger partial charge in [0.2, 0.25) is 5.91 Å². The van der Waals surface area contributed by atoms with Crippen LogP contribution >= 0.6 is 11.6 Å². The number of halogens is 2. The van der Waals surface area contributed by atoms with E-state index in [1.165, 1.54) is 24.3 Å². The Labute approximate surface area is 172 Å². The van der Waals surface area contributed by atoms with Crippen molar-refractivity contribution in [1.29, 1.82) is 0 Å². The van der Waals surface area contributed by atoms with Crippen LogP contribution in [0.25, 0.3) is 5.65 Å².